The van der Waals surface area contributed by atoms with Crippen LogP contribution in [0.3, 0.4) is 0 Å². The molecule has 3 rings (SSSR count). The average Bonchev–Trinajstić information content (AvgIpc) is 3.08. The number of anilines is 1. The van der Waals surface area contributed by atoms with Crippen molar-refractivity contribution in [2.75, 3.05) is 5.73 Å². The number of alkyl halides is 18. The summed E-state index contributed by atoms with van der Waals surface area (Å²) in [5.74, 6) is 0. The zero-order chi connectivity index (χ0) is 51.3. The molecule has 6 N–H and O–H groups in total. The number of nitrogen functional groups attached to an aromatic ring is 1. The maximum Gasteiger partial charge on any atom is 0.430 e. The van der Waals surface area contributed by atoms with Crippen LogP contribution in [0.5, 0.6) is 0 Å². The first-order chi connectivity index (χ1) is 28.5. The number of hydrogen-bond acceptors (Lipinski definition) is 5. The first-order valence-corrected chi connectivity index (χ1v) is 18.7. The van der Waals surface area contributed by atoms with E-state index in [1.807, 2.05) is 0 Å². The van der Waals surface area contributed by atoms with E-state index in [9.17, 15) is 99.5 Å². The van der Waals surface area contributed by atoms with Crippen LogP contribution in [0.4, 0.5) is 84.7 Å². The minimum Gasteiger partial charge on any atom is -0.398 e. The van der Waals surface area contributed by atoms with Crippen LogP contribution in [0.25, 0.3) is 5.57 Å². The third kappa shape index (κ3) is 9.52. The Labute approximate surface area is 359 Å². The average molecular weight is 968 g/mol. The summed E-state index contributed by atoms with van der Waals surface area (Å²) in [4.78, 5) is 0. The highest BCUT2D eigenvalue weighted by molar-refractivity contribution is 5.71. The molecule has 0 radical (unpaired) electrons. The van der Waals surface area contributed by atoms with Gasteiger partial charge in [-0.3, -0.25) is 0 Å². The van der Waals surface area contributed by atoms with Crippen molar-refractivity contribution < 1.29 is 99.5 Å². The first kappa shape index (κ1) is 55.1. The van der Waals surface area contributed by atoms with Crippen molar-refractivity contribution in [3.05, 3.63) is 104 Å². The van der Waals surface area contributed by atoms with Crippen molar-refractivity contribution in [3.8, 4) is 0 Å². The normalized spacial score (nSPS) is 16.7. The van der Waals surface area contributed by atoms with E-state index in [1.165, 1.54) is 53.7 Å². The molecule has 0 saturated carbocycles. The third-order valence-corrected chi connectivity index (χ3v) is 11.9. The van der Waals surface area contributed by atoms with Gasteiger partial charge in [-0.1, -0.05) is 64.1 Å². The number of rotatable bonds is 10. The SMILES string of the molecule is Cc1cc(C(C)(C)c2cc(C)c(C(C)(C)c3cc(C)c(N)c(C(C)(O)C(F)(F)F)c3)c(C(C)(O)C(F)(F)F)c2)ccc1/C(=C/C(O)(C(F)(F)F)C(F)(F)F)CC(O)(C(F)(F)F)C(F)(F)F. The molecular formula is C42H43F18NO4. The molecule has 0 aromatic heterocycles. The molecule has 0 aliphatic carbocycles. The second-order valence-electron chi connectivity index (χ2n) is 17.4. The molecule has 366 valence electrons. The Bertz CT molecular complexity index is 2280. The Balaban J connectivity index is 2.46. The molecule has 23 heteroatoms. The van der Waals surface area contributed by atoms with Crippen molar-refractivity contribution in [1.29, 1.82) is 0 Å². The van der Waals surface area contributed by atoms with Crippen LogP contribution < -0.4 is 5.73 Å². The van der Waals surface area contributed by atoms with Crippen molar-refractivity contribution >= 4 is 11.3 Å². The summed E-state index contributed by atoms with van der Waals surface area (Å²) < 4.78 is 252. The first-order valence-electron chi connectivity index (χ1n) is 18.7. The molecule has 65 heavy (non-hydrogen) atoms. The molecule has 0 heterocycles. The Kier molecular flexibility index (Phi) is 13.8. The van der Waals surface area contributed by atoms with Gasteiger partial charge in [-0.2, -0.15) is 79.0 Å². The van der Waals surface area contributed by atoms with Crippen LogP contribution in [0.1, 0.15) is 104 Å². The lowest BCUT2D eigenvalue weighted by Gasteiger charge is -2.39. The maximum atomic E-state index is 14.8. The van der Waals surface area contributed by atoms with E-state index in [0.29, 0.717) is 19.9 Å². The molecule has 0 bridgehead atoms. The zero-order valence-electron chi connectivity index (χ0n) is 35.5. The summed E-state index contributed by atoms with van der Waals surface area (Å²) in [6.07, 6.45) is -42.4. The van der Waals surface area contributed by atoms with E-state index in [0.717, 1.165) is 31.2 Å². The molecule has 0 amide bonds. The van der Waals surface area contributed by atoms with Gasteiger partial charge in [0.1, 0.15) is 0 Å². The topological polar surface area (TPSA) is 107 Å². The second-order valence-corrected chi connectivity index (χ2v) is 17.4. The number of aryl methyl sites for hydroxylation is 3. The lowest BCUT2D eigenvalue weighted by Crippen LogP contribution is -2.58. The minimum atomic E-state index is -6.81. The molecule has 0 spiro atoms. The van der Waals surface area contributed by atoms with Crippen LogP contribution in [0.2, 0.25) is 0 Å². The molecule has 0 saturated heterocycles. The van der Waals surface area contributed by atoms with Crippen LogP contribution in [0, 0.1) is 20.8 Å². The summed E-state index contributed by atoms with van der Waals surface area (Å²) in [6.45, 7) is 9.20. The summed E-state index contributed by atoms with van der Waals surface area (Å²) in [5.41, 5.74) is -24.1. The van der Waals surface area contributed by atoms with Gasteiger partial charge in [0.15, 0.2) is 11.2 Å². The van der Waals surface area contributed by atoms with Gasteiger partial charge >= 0.3 is 37.1 Å². The highest BCUT2D eigenvalue weighted by atomic mass is 19.4. The summed E-state index contributed by atoms with van der Waals surface area (Å²) in [5, 5.41) is 41.5. The van der Waals surface area contributed by atoms with E-state index in [1.54, 1.807) is 0 Å². The number of nitrogens with two attached hydrogens (primary N) is 1. The van der Waals surface area contributed by atoms with Gasteiger partial charge < -0.3 is 26.2 Å². The Morgan fingerprint density at radius 3 is 1.26 bits per heavy atom. The lowest BCUT2D eigenvalue weighted by molar-refractivity contribution is -0.366. The smallest absolute Gasteiger partial charge is 0.398 e. The van der Waals surface area contributed by atoms with Gasteiger partial charge in [0, 0.05) is 28.5 Å². The Hall–Kier alpha value is -4.22. The number of benzene rings is 3. The molecule has 3 aromatic rings. The van der Waals surface area contributed by atoms with E-state index in [4.69, 9.17) is 5.73 Å². The summed E-state index contributed by atoms with van der Waals surface area (Å²) >= 11 is 0. The zero-order valence-corrected chi connectivity index (χ0v) is 35.5. The van der Waals surface area contributed by atoms with Gasteiger partial charge in [0.25, 0.3) is 11.2 Å². The molecule has 0 aliphatic rings. The maximum absolute atomic E-state index is 14.8. The molecule has 3 aromatic carbocycles. The summed E-state index contributed by atoms with van der Waals surface area (Å²) in [7, 11) is 0. The van der Waals surface area contributed by atoms with E-state index < -0.39 is 116 Å². The number of halogens is 18. The Morgan fingerprint density at radius 2 is 0.862 bits per heavy atom. The van der Waals surface area contributed by atoms with Crippen LogP contribution in [0.15, 0.2) is 48.5 Å². The van der Waals surface area contributed by atoms with Crippen LogP contribution in [-0.2, 0) is 22.0 Å². The largest absolute Gasteiger partial charge is 0.430 e. The fraction of sp³-hybridized carbons (Fsp3) is 0.524. The van der Waals surface area contributed by atoms with E-state index in [2.05, 4.69) is 0 Å². The predicted molar refractivity (Wildman–Crippen MR) is 200 cm³/mol. The molecule has 2 atom stereocenters. The van der Waals surface area contributed by atoms with E-state index in [-0.39, 0.29) is 33.4 Å². The number of hydrogen-bond donors (Lipinski definition) is 5. The van der Waals surface area contributed by atoms with Crippen molar-refractivity contribution in [3.63, 3.8) is 0 Å². The Morgan fingerprint density at radius 1 is 0.477 bits per heavy atom. The quantitative estimate of drug-likeness (QED) is 0.103. The van der Waals surface area contributed by atoms with Gasteiger partial charge in [0.05, 0.1) is 0 Å². The van der Waals surface area contributed by atoms with Crippen LogP contribution >= 0.6 is 0 Å². The highest BCUT2D eigenvalue weighted by Gasteiger charge is 2.72. The van der Waals surface area contributed by atoms with Gasteiger partial charge in [-0.15, -0.1) is 0 Å². The van der Waals surface area contributed by atoms with E-state index >= 15 is 0 Å². The third-order valence-electron chi connectivity index (χ3n) is 11.9. The standard InChI is InChI=1S/C42H43F18NO4/c1-19-12-23(10-11-26(19)22(17-35(64,39(49,50)51)40(52,53)54)18-36(65,41(55,56)57)42(58,59)60)31(4,5)24-13-20(2)29(27(15-24)33(8,62)37(43,44)45)32(6,7)25-14-21(3)30(61)28(16-25)34(9,63)38(46,47)48/h10-17,62-65H,18,61H2,1-9H3/b22-17+. The molecule has 2 unspecified atom stereocenters. The van der Waals surface area contributed by atoms with Crippen LogP contribution in [-0.4, -0.2) is 68.7 Å². The van der Waals surface area contributed by atoms with Gasteiger partial charge in [-0.05, 0) is 102 Å². The fourth-order valence-electron chi connectivity index (χ4n) is 7.39. The lowest BCUT2D eigenvalue weighted by atomic mass is 9.67. The van der Waals surface area contributed by atoms with Crippen molar-refractivity contribution in [2.45, 2.75) is 139 Å². The van der Waals surface area contributed by atoms with Crippen molar-refractivity contribution in [2.24, 2.45) is 0 Å². The fourth-order valence-corrected chi connectivity index (χ4v) is 7.39. The predicted octanol–water partition coefficient (Wildman–Crippen LogP) is 11.9. The summed E-state index contributed by atoms with van der Waals surface area (Å²) in [6, 6.07) is 6.24. The van der Waals surface area contributed by atoms with Gasteiger partial charge in [-0.25, -0.2) is 0 Å². The highest BCUT2D eigenvalue weighted by Crippen LogP contribution is 2.53. The molecular weight excluding hydrogens is 924 g/mol. The van der Waals surface area contributed by atoms with Gasteiger partial charge in [0.2, 0.25) is 0 Å². The molecule has 5 nitrogen and oxygen atoms in total. The molecule has 0 aliphatic heterocycles. The van der Waals surface area contributed by atoms with Crippen molar-refractivity contribution in [1.82, 2.24) is 0 Å². The molecule has 0 fully saturated rings. The monoisotopic (exact) mass is 967 g/mol. The number of aliphatic hydroxyl groups is 4. The minimum absolute atomic E-state index is 0.0329. The second kappa shape index (κ2) is 16.2.